The monoisotopic (exact) mass is 343 g/mol. The van der Waals surface area contributed by atoms with Gasteiger partial charge in [0.05, 0.1) is 30.2 Å². The Hall–Kier alpha value is -2.44. The molecule has 3 heterocycles. The van der Waals surface area contributed by atoms with Crippen molar-refractivity contribution in [1.82, 2.24) is 20.0 Å². The Kier molecular flexibility index (Phi) is 5.31. The molecule has 1 aliphatic heterocycles. The quantitative estimate of drug-likeness (QED) is 0.912. The molecule has 2 aromatic rings. The van der Waals surface area contributed by atoms with Crippen molar-refractivity contribution in [2.45, 2.75) is 46.0 Å². The Morgan fingerprint density at radius 1 is 1.28 bits per heavy atom. The Balaban J connectivity index is 1.55. The van der Waals surface area contributed by atoms with Crippen LogP contribution in [0.3, 0.4) is 0 Å². The maximum atomic E-state index is 12.6. The largest absolute Gasteiger partial charge is 0.382 e. The second-order valence-electron chi connectivity index (χ2n) is 6.79. The SMILES string of the molecule is Cc1noc(C)c1CC(=O)N1CCC[C@@H](Cc2cnc(N)cn2)CC1. The molecule has 25 heavy (non-hydrogen) atoms. The van der Waals surface area contributed by atoms with Gasteiger partial charge in [0.1, 0.15) is 11.6 Å². The number of likely N-dealkylation sites (tertiary alicyclic amines) is 1. The number of aryl methyl sites for hydroxylation is 2. The minimum Gasteiger partial charge on any atom is -0.382 e. The van der Waals surface area contributed by atoms with Crippen LogP contribution in [-0.4, -0.2) is 39.0 Å². The van der Waals surface area contributed by atoms with Gasteiger partial charge in [-0.1, -0.05) is 5.16 Å². The summed E-state index contributed by atoms with van der Waals surface area (Å²) >= 11 is 0. The number of aromatic nitrogens is 3. The fourth-order valence-electron chi connectivity index (χ4n) is 3.40. The molecule has 134 valence electrons. The van der Waals surface area contributed by atoms with E-state index in [-0.39, 0.29) is 5.91 Å². The minimum absolute atomic E-state index is 0.155. The summed E-state index contributed by atoms with van der Waals surface area (Å²) in [6, 6.07) is 0. The van der Waals surface area contributed by atoms with Gasteiger partial charge in [-0.25, -0.2) is 4.98 Å². The molecule has 1 fully saturated rings. The smallest absolute Gasteiger partial charge is 0.227 e. The molecule has 3 rings (SSSR count). The lowest BCUT2D eigenvalue weighted by atomic mass is 9.95. The lowest BCUT2D eigenvalue weighted by molar-refractivity contribution is -0.130. The fourth-order valence-corrected chi connectivity index (χ4v) is 3.40. The molecule has 7 heteroatoms. The molecule has 2 aromatic heterocycles. The van der Waals surface area contributed by atoms with E-state index in [4.69, 9.17) is 10.3 Å². The van der Waals surface area contributed by atoms with Gasteiger partial charge < -0.3 is 15.2 Å². The number of carbonyl (C=O) groups excluding carboxylic acids is 1. The van der Waals surface area contributed by atoms with Crippen molar-refractivity contribution in [2.75, 3.05) is 18.8 Å². The number of hydrogen-bond donors (Lipinski definition) is 1. The molecule has 0 saturated carbocycles. The van der Waals surface area contributed by atoms with Gasteiger partial charge in [-0.05, 0) is 45.4 Å². The molecular weight excluding hydrogens is 318 g/mol. The zero-order valence-corrected chi connectivity index (χ0v) is 14.9. The third-order valence-corrected chi connectivity index (χ3v) is 4.93. The highest BCUT2D eigenvalue weighted by Crippen LogP contribution is 2.22. The van der Waals surface area contributed by atoms with E-state index in [1.165, 1.54) is 0 Å². The first kappa shape index (κ1) is 17.4. The van der Waals surface area contributed by atoms with Crippen molar-refractivity contribution >= 4 is 11.7 Å². The molecule has 1 saturated heterocycles. The third-order valence-electron chi connectivity index (χ3n) is 4.93. The predicted molar refractivity (Wildman–Crippen MR) is 93.8 cm³/mol. The topological polar surface area (TPSA) is 98.1 Å². The Morgan fingerprint density at radius 2 is 2.12 bits per heavy atom. The standard InChI is InChI=1S/C18H25N5O2/c1-12-16(13(2)25-22-12)9-18(24)23-6-3-4-14(5-7-23)8-15-10-21-17(19)11-20-15/h10-11,14H,3-9H2,1-2H3,(H2,19,21)/t14-/m1/s1. The van der Waals surface area contributed by atoms with Crippen molar-refractivity contribution < 1.29 is 9.32 Å². The van der Waals surface area contributed by atoms with E-state index in [1.54, 1.807) is 12.4 Å². The molecule has 0 radical (unpaired) electrons. The van der Waals surface area contributed by atoms with Crippen LogP contribution in [0.4, 0.5) is 5.82 Å². The summed E-state index contributed by atoms with van der Waals surface area (Å²) in [5.41, 5.74) is 8.28. The number of rotatable bonds is 4. The van der Waals surface area contributed by atoms with E-state index in [2.05, 4.69) is 15.1 Å². The predicted octanol–water partition coefficient (Wildman–Crippen LogP) is 2.08. The molecule has 2 N–H and O–H groups in total. The van der Waals surface area contributed by atoms with Gasteiger partial charge in [-0.15, -0.1) is 0 Å². The number of hydrogen-bond acceptors (Lipinski definition) is 6. The summed E-state index contributed by atoms with van der Waals surface area (Å²) in [6.45, 7) is 5.33. The number of nitrogens with two attached hydrogens (primary N) is 1. The molecule has 0 bridgehead atoms. The number of nitrogen functional groups attached to an aromatic ring is 1. The highest BCUT2D eigenvalue weighted by Gasteiger charge is 2.23. The highest BCUT2D eigenvalue weighted by atomic mass is 16.5. The summed E-state index contributed by atoms with van der Waals surface area (Å²) in [4.78, 5) is 23.1. The van der Waals surface area contributed by atoms with Gasteiger partial charge in [0.15, 0.2) is 0 Å². The van der Waals surface area contributed by atoms with Crippen LogP contribution in [0.15, 0.2) is 16.9 Å². The number of nitrogens with zero attached hydrogens (tertiary/aromatic N) is 4. The van der Waals surface area contributed by atoms with Gasteiger partial charge in [-0.3, -0.25) is 9.78 Å². The molecule has 1 amide bonds. The number of anilines is 1. The lowest BCUT2D eigenvalue weighted by Gasteiger charge is -2.20. The van der Waals surface area contributed by atoms with Crippen LogP contribution < -0.4 is 5.73 Å². The van der Waals surface area contributed by atoms with Gasteiger partial charge in [0, 0.05) is 18.7 Å². The van der Waals surface area contributed by atoms with Crippen molar-refractivity contribution in [2.24, 2.45) is 5.92 Å². The summed E-state index contributed by atoms with van der Waals surface area (Å²) in [6.07, 6.45) is 7.71. The van der Waals surface area contributed by atoms with Gasteiger partial charge >= 0.3 is 0 Å². The summed E-state index contributed by atoms with van der Waals surface area (Å²) < 4.78 is 5.16. The van der Waals surface area contributed by atoms with Crippen LogP contribution in [0.1, 0.15) is 42.0 Å². The Morgan fingerprint density at radius 3 is 2.80 bits per heavy atom. The fraction of sp³-hybridized carbons (Fsp3) is 0.556. The van der Waals surface area contributed by atoms with E-state index in [0.29, 0.717) is 18.2 Å². The summed E-state index contributed by atoms with van der Waals surface area (Å²) in [5.74, 6) is 1.86. The highest BCUT2D eigenvalue weighted by molar-refractivity contribution is 5.79. The van der Waals surface area contributed by atoms with Crippen LogP contribution in [0.25, 0.3) is 0 Å². The number of amides is 1. The first-order valence-electron chi connectivity index (χ1n) is 8.79. The molecule has 0 unspecified atom stereocenters. The second-order valence-corrected chi connectivity index (χ2v) is 6.79. The molecule has 1 aliphatic rings. The van der Waals surface area contributed by atoms with Gasteiger partial charge in [0.2, 0.25) is 5.91 Å². The van der Waals surface area contributed by atoms with E-state index < -0.39 is 0 Å². The molecule has 1 atom stereocenters. The van der Waals surface area contributed by atoms with Crippen molar-refractivity contribution in [3.63, 3.8) is 0 Å². The van der Waals surface area contributed by atoms with Crippen LogP contribution in [0.5, 0.6) is 0 Å². The lowest BCUT2D eigenvalue weighted by Crippen LogP contribution is -2.33. The van der Waals surface area contributed by atoms with Crippen LogP contribution >= 0.6 is 0 Å². The van der Waals surface area contributed by atoms with Crippen molar-refractivity contribution in [3.05, 3.63) is 35.1 Å². The van der Waals surface area contributed by atoms with Crippen LogP contribution in [0, 0.1) is 19.8 Å². The second kappa shape index (κ2) is 7.63. The maximum Gasteiger partial charge on any atom is 0.227 e. The molecule has 0 aromatic carbocycles. The average Bonchev–Trinajstić information content (AvgIpc) is 2.79. The molecule has 7 nitrogen and oxygen atoms in total. The maximum absolute atomic E-state index is 12.6. The van der Waals surface area contributed by atoms with E-state index in [1.807, 2.05) is 18.7 Å². The molecule has 0 aliphatic carbocycles. The first-order valence-corrected chi connectivity index (χ1v) is 8.79. The van der Waals surface area contributed by atoms with E-state index in [9.17, 15) is 4.79 Å². The van der Waals surface area contributed by atoms with E-state index >= 15 is 0 Å². The van der Waals surface area contributed by atoms with Gasteiger partial charge in [0.25, 0.3) is 0 Å². The Labute approximate surface area is 147 Å². The van der Waals surface area contributed by atoms with Crippen molar-refractivity contribution in [3.8, 4) is 0 Å². The Bertz CT molecular complexity index is 706. The summed E-state index contributed by atoms with van der Waals surface area (Å²) in [7, 11) is 0. The zero-order chi connectivity index (χ0) is 17.8. The minimum atomic E-state index is 0.155. The summed E-state index contributed by atoms with van der Waals surface area (Å²) in [5, 5.41) is 3.93. The average molecular weight is 343 g/mol. The van der Waals surface area contributed by atoms with E-state index in [0.717, 1.165) is 61.5 Å². The zero-order valence-electron chi connectivity index (χ0n) is 14.9. The number of carbonyl (C=O) groups is 1. The van der Waals surface area contributed by atoms with Crippen molar-refractivity contribution in [1.29, 1.82) is 0 Å². The van der Waals surface area contributed by atoms with Crippen LogP contribution in [-0.2, 0) is 17.6 Å². The normalized spacial score (nSPS) is 18.2. The van der Waals surface area contributed by atoms with Gasteiger partial charge in [-0.2, -0.15) is 0 Å². The first-order chi connectivity index (χ1) is 12.0. The third kappa shape index (κ3) is 4.35. The van der Waals surface area contributed by atoms with Crippen LogP contribution in [0.2, 0.25) is 0 Å². The molecular formula is C18H25N5O2. The molecule has 0 spiro atoms.